The first-order chi connectivity index (χ1) is 16.5. The maximum atomic E-state index is 13.6. The number of carbonyl (C=O) groups is 1. The van der Waals surface area contributed by atoms with Crippen molar-refractivity contribution in [3.05, 3.63) is 78.2 Å². The third kappa shape index (κ3) is 5.43. The highest BCUT2D eigenvalue weighted by atomic mass is 16.5. The molecule has 0 bridgehead atoms. The molecular weight excluding hydrogens is 428 g/mol. The highest BCUT2D eigenvalue weighted by molar-refractivity contribution is 5.98. The Morgan fingerprint density at radius 3 is 2.62 bits per heavy atom. The summed E-state index contributed by atoms with van der Waals surface area (Å²) >= 11 is 0. The molecule has 1 N–H and O–H groups in total. The fourth-order valence-electron chi connectivity index (χ4n) is 4.25. The number of amides is 1. The van der Waals surface area contributed by atoms with Crippen molar-refractivity contribution in [1.82, 2.24) is 19.8 Å². The normalized spacial score (nSPS) is 19.2. The van der Waals surface area contributed by atoms with Crippen molar-refractivity contribution in [2.75, 3.05) is 26.7 Å². The Morgan fingerprint density at radius 1 is 1.15 bits per heavy atom. The first-order valence-corrected chi connectivity index (χ1v) is 11.7. The molecule has 0 aliphatic carbocycles. The molecule has 0 spiro atoms. The van der Waals surface area contributed by atoms with E-state index >= 15 is 0 Å². The number of nitrogens with zero attached hydrogens (tertiary/aromatic N) is 4. The van der Waals surface area contributed by atoms with Crippen molar-refractivity contribution < 1.29 is 14.6 Å². The number of rotatable bonds is 7. The Labute approximate surface area is 201 Å². The molecule has 3 aromatic rings. The maximum absolute atomic E-state index is 13.6. The second-order valence-corrected chi connectivity index (χ2v) is 9.08. The molecule has 178 valence electrons. The molecule has 3 heterocycles. The number of hydrogen-bond donors (Lipinski definition) is 1. The van der Waals surface area contributed by atoms with E-state index in [-0.39, 0.29) is 30.6 Å². The van der Waals surface area contributed by atoms with Crippen LogP contribution in [0.5, 0.6) is 5.88 Å². The summed E-state index contributed by atoms with van der Waals surface area (Å²) in [6, 6.07) is 17.3. The number of aliphatic hydroxyl groups excluding tert-OH is 1. The maximum Gasteiger partial charge on any atom is 0.259 e. The number of benzene rings is 1. The zero-order chi connectivity index (χ0) is 24.1. The molecule has 0 saturated heterocycles. The van der Waals surface area contributed by atoms with Gasteiger partial charge in [-0.3, -0.25) is 14.7 Å². The smallest absolute Gasteiger partial charge is 0.259 e. The van der Waals surface area contributed by atoms with E-state index in [4.69, 9.17) is 4.74 Å². The lowest BCUT2D eigenvalue weighted by Crippen LogP contribution is -2.49. The van der Waals surface area contributed by atoms with E-state index in [1.165, 1.54) is 0 Å². The second kappa shape index (κ2) is 10.8. The van der Waals surface area contributed by atoms with Gasteiger partial charge in [0.2, 0.25) is 5.88 Å². The Hall–Kier alpha value is -3.29. The van der Waals surface area contributed by atoms with Gasteiger partial charge in [0.25, 0.3) is 5.91 Å². The van der Waals surface area contributed by atoms with Crippen LogP contribution in [0.3, 0.4) is 0 Å². The standard InChI is InChI=1S/C27H32N4O3/c1-19-15-31(20(2)18-32)27(33)24-13-22(21-9-5-4-6-10-21)14-29-26(24)34-25(19)17-30(3)16-23-11-7-8-12-28-23/h4-14,19-20,25,32H,15-18H2,1-3H3/t19-,20+,25+/m1/s1. The van der Waals surface area contributed by atoms with E-state index in [1.54, 1.807) is 17.3 Å². The highest BCUT2D eigenvalue weighted by Crippen LogP contribution is 2.30. The first kappa shape index (κ1) is 23.9. The number of fused-ring (bicyclic) bond motifs is 1. The van der Waals surface area contributed by atoms with Gasteiger partial charge in [-0.25, -0.2) is 4.98 Å². The van der Waals surface area contributed by atoms with E-state index in [1.807, 2.05) is 68.6 Å². The summed E-state index contributed by atoms with van der Waals surface area (Å²) in [4.78, 5) is 26.5. The van der Waals surface area contributed by atoms with Crippen LogP contribution in [0.15, 0.2) is 67.0 Å². The summed E-state index contributed by atoms with van der Waals surface area (Å²) in [6.45, 7) is 5.66. The van der Waals surface area contributed by atoms with E-state index in [9.17, 15) is 9.90 Å². The Kier molecular flexibility index (Phi) is 7.55. The summed E-state index contributed by atoms with van der Waals surface area (Å²) in [5.74, 6) is 0.199. The van der Waals surface area contributed by atoms with Crippen molar-refractivity contribution >= 4 is 5.91 Å². The molecule has 1 aromatic carbocycles. The number of aromatic nitrogens is 2. The van der Waals surface area contributed by atoms with Crippen LogP contribution >= 0.6 is 0 Å². The van der Waals surface area contributed by atoms with Crippen LogP contribution in [0, 0.1) is 5.92 Å². The van der Waals surface area contributed by atoms with Gasteiger partial charge >= 0.3 is 0 Å². The zero-order valence-electron chi connectivity index (χ0n) is 20.0. The number of likely N-dealkylation sites (N-methyl/N-ethyl adjacent to an activating group) is 1. The van der Waals surface area contributed by atoms with Crippen LogP contribution in [0.25, 0.3) is 11.1 Å². The van der Waals surface area contributed by atoms with Gasteiger partial charge in [-0.2, -0.15) is 0 Å². The lowest BCUT2D eigenvalue weighted by Gasteiger charge is -2.37. The van der Waals surface area contributed by atoms with E-state index in [2.05, 4.69) is 21.8 Å². The topological polar surface area (TPSA) is 78.8 Å². The molecule has 0 radical (unpaired) electrons. The van der Waals surface area contributed by atoms with Gasteiger partial charge in [-0.1, -0.05) is 43.3 Å². The summed E-state index contributed by atoms with van der Waals surface area (Å²) < 4.78 is 6.40. The number of hydrogen-bond acceptors (Lipinski definition) is 6. The predicted molar refractivity (Wildman–Crippen MR) is 131 cm³/mol. The first-order valence-electron chi connectivity index (χ1n) is 11.7. The van der Waals surface area contributed by atoms with Gasteiger partial charge < -0.3 is 14.7 Å². The number of aliphatic hydroxyl groups is 1. The van der Waals surface area contributed by atoms with E-state index in [0.717, 1.165) is 16.8 Å². The van der Waals surface area contributed by atoms with Crippen molar-refractivity contribution in [2.45, 2.75) is 32.5 Å². The van der Waals surface area contributed by atoms with Crippen LogP contribution < -0.4 is 4.74 Å². The van der Waals surface area contributed by atoms with Crippen LogP contribution in [0.4, 0.5) is 0 Å². The van der Waals surface area contributed by atoms with E-state index in [0.29, 0.717) is 31.1 Å². The molecule has 1 aliphatic rings. The second-order valence-electron chi connectivity index (χ2n) is 9.08. The molecule has 1 aliphatic heterocycles. The Bertz CT molecular complexity index is 1090. The third-order valence-corrected chi connectivity index (χ3v) is 6.28. The van der Waals surface area contributed by atoms with Gasteiger partial charge in [0, 0.05) is 43.5 Å². The van der Waals surface area contributed by atoms with Gasteiger partial charge in [0.05, 0.1) is 18.3 Å². The van der Waals surface area contributed by atoms with Crippen LogP contribution in [0.1, 0.15) is 29.9 Å². The SMILES string of the molecule is C[C@@H]1CN([C@@H](C)CO)C(=O)c2cc(-c3ccccc3)cnc2O[C@H]1CN(C)Cc1ccccn1. The lowest BCUT2D eigenvalue weighted by atomic mass is 9.99. The number of pyridine rings is 2. The minimum atomic E-state index is -0.312. The van der Waals surface area contributed by atoms with E-state index < -0.39 is 0 Å². The molecule has 3 atom stereocenters. The summed E-state index contributed by atoms with van der Waals surface area (Å²) in [5.41, 5.74) is 3.24. The van der Waals surface area contributed by atoms with Gasteiger partial charge in [-0.05, 0) is 37.7 Å². The van der Waals surface area contributed by atoms with Crippen molar-refractivity contribution in [3.63, 3.8) is 0 Å². The molecule has 34 heavy (non-hydrogen) atoms. The molecule has 0 saturated carbocycles. The molecule has 7 heteroatoms. The lowest BCUT2D eigenvalue weighted by molar-refractivity contribution is 0.0324. The molecule has 1 amide bonds. The van der Waals surface area contributed by atoms with Gasteiger partial charge in [-0.15, -0.1) is 0 Å². The van der Waals surface area contributed by atoms with Crippen LogP contribution in [0.2, 0.25) is 0 Å². The monoisotopic (exact) mass is 460 g/mol. The molecule has 7 nitrogen and oxygen atoms in total. The fourth-order valence-corrected chi connectivity index (χ4v) is 4.25. The molecule has 0 unspecified atom stereocenters. The fraction of sp³-hybridized carbons (Fsp3) is 0.370. The summed E-state index contributed by atoms with van der Waals surface area (Å²) in [5, 5.41) is 9.85. The molecular formula is C27H32N4O3. The number of carbonyl (C=O) groups excluding carboxylic acids is 1. The Balaban J connectivity index is 1.65. The van der Waals surface area contributed by atoms with Crippen LogP contribution in [-0.2, 0) is 6.54 Å². The molecule has 0 fully saturated rings. The van der Waals surface area contributed by atoms with Gasteiger partial charge in [0.1, 0.15) is 11.7 Å². The highest BCUT2D eigenvalue weighted by Gasteiger charge is 2.34. The molecule has 2 aromatic heterocycles. The minimum Gasteiger partial charge on any atom is -0.472 e. The summed E-state index contributed by atoms with van der Waals surface area (Å²) in [6.07, 6.45) is 3.36. The van der Waals surface area contributed by atoms with Crippen molar-refractivity contribution in [2.24, 2.45) is 5.92 Å². The third-order valence-electron chi connectivity index (χ3n) is 6.28. The zero-order valence-corrected chi connectivity index (χ0v) is 20.0. The molecule has 4 rings (SSSR count). The number of ether oxygens (including phenoxy) is 1. The largest absolute Gasteiger partial charge is 0.472 e. The summed E-state index contributed by atoms with van der Waals surface area (Å²) in [7, 11) is 2.04. The van der Waals surface area contributed by atoms with Crippen LogP contribution in [-0.4, -0.2) is 69.7 Å². The van der Waals surface area contributed by atoms with Gasteiger partial charge in [0.15, 0.2) is 0 Å². The van der Waals surface area contributed by atoms with Crippen molar-refractivity contribution in [3.8, 4) is 17.0 Å². The predicted octanol–water partition coefficient (Wildman–Crippen LogP) is 3.50. The minimum absolute atomic E-state index is 0.0351. The average molecular weight is 461 g/mol. The Morgan fingerprint density at radius 2 is 1.91 bits per heavy atom. The average Bonchev–Trinajstić information content (AvgIpc) is 2.86. The van der Waals surface area contributed by atoms with Crippen molar-refractivity contribution in [1.29, 1.82) is 0 Å². The quantitative estimate of drug-likeness (QED) is 0.582.